The first kappa shape index (κ1) is 15.8. The van der Waals surface area contributed by atoms with Crippen LogP contribution in [-0.4, -0.2) is 63.7 Å². The Bertz CT molecular complexity index is 334. The lowest BCUT2D eigenvalue weighted by Crippen LogP contribution is -2.53. The molecule has 1 rings (SSSR count). The van der Waals surface area contributed by atoms with Gasteiger partial charge in [-0.15, -0.1) is 0 Å². The molecule has 108 valence electrons. The smallest absolute Gasteiger partial charge is 0.150 e. The minimum absolute atomic E-state index is 0.0137. The van der Waals surface area contributed by atoms with Crippen LogP contribution in [0, 0.1) is 0 Å². The van der Waals surface area contributed by atoms with E-state index in [4.69, 9.17) is 10.6 Å². The molecule has 0 aliphatic carbocycles. The van der Waals surface area contributed by atoms with Crippen LogP contribution in [-0.2, 0) is 14.6 Å². The monoisotopic (exact) mass is 279 g/mol. The second-order valence-corrected chi connectivity index (χ2v) is 7.30. The normalized spacial score (nSPS) is 24.1. The maximum atomic E-state index is 11.4. The molecule has 1 aliphatic heterocycles. The fourth-order valence-corrected chi connectivity index (χ4v) is 2.99. The third kappa shape index (κ3) is 5.19. The highest BCUT2D eigenvalue weighted by Crippen LogP contribution is 2.12. The predicted octanol–water partition coefficient (Wildman–Crippen LogP) is -0.636. The molecule has 3 N–H and O–H groups in total. The molecule has 0 radical (unpaired) electrons. The number of nitrogens with two attached hydrogens (primary N) is 1. The van der Waals surface area contributed by atoms with Crippen molar-refractivity contribution in [1.29, 1.82) is 0 Å². The van der Waals surface area contributed by atoms with Crippen LogP contribution >= 0.6 is 0 Å². The van der Waals surface area contributed by atoms with Crippen molar-refractivity contribution >= 4 is 9.84 Å². The van der Waals surface area contributed by atoms with Gasteiger partial charge >= 0.3 is 0 Å². The maximum Gasteiger partial charge on any atom is 0.150 e. The van der Waals surface area contributed by atoms with Crippen LogP contribution in [0.15, 0.2) is 0 Å². The molecular formula is C11H25N3O3S. The van der Waals surface area contributed by atoms with Gasteiger partial charge in [-0.05, 0) is 19.9 Å². The molecule has 0 aromatic rings. The molecule has 1 fully saturated rings. The number of morpholine rings is 1. The first-order valence-electron chi connectivity index (χ1n) is 6.45. The van der Waals surface area contributed by atoms with Gasteiger partial charge in [0, 0.05) is 24.9 Å². The summed E-state index contributed by atoms with van der Waals surface area (Å²) in [6.07, 6.45) is 1.38. The summed E-state index contributed by atoms with van der Waals surface area (Å²) in [6.45, 7) is 4.13. The average Bonchev–Trinajstić information content (AvgIpc) is 2.34. The maximum absolute atomic E-state index is 11.4. The molecule has 0 aromatic carbocycles. The zero-order valence-electron chi connectivity index (χ0n) is 11.3. The van der Waals surface area contributed by atoms with E-state index in [1.807, 2.05) is 7.05 Å². The van der Waals surface area contributed by atoms with Gasteiger partial charge in [-0.3, -0.25) is 11.3 Å². The van der Waals surface area contributed by atoms with Crippen molar-refractivity contribution in [2.24, 2.45) is 5.84 Å². The number of hydrogen-bond acceptors (Lipinski definition) is 6. The molecule has 2 unspecified atom stereocenters. The van der Waals surface area contributed by atoms with Crippen molar-refractivity contribution in [1.82, 2.24) is 10.3 Å². The first-order chi connectivity index (χ1) is 8.48. The molecule has 0 aromatic heterocycles. The molecular weight excluding hydrogens is 254 g/mol. The van der Waals surface area contributed by atoms with Crippen molar-refractivity contribution in [2.75, 3.05) is 38.2 Å². The number of sulfone groups is 1. The third-order valence-corrected chi connectivity index (χ3v) is 5.16. The second-order valence-electron chi connectivity index (χ2n) is 4.82. The van der Waals surface area contributed by atoms with Crippen molar-refractivity contribution in [3.63, 3.8) is 0 Å². The molecule has 6 nitrogen and oxygen atoms in total. The number of ether oxygens (including phenoxy) is 1. The summed E-state index contributed by atoms with van der Waals surface area (Å²) in [5.41, 5.74) is 2.75. The first-order valence-corrected chi connectivity index (χ1v) is 8.27. The number of nitrogens with one attached hydrogen (secondary N) is 1. The lowest BCUT2D eigenvalue weighted by atomic mass is 10.1. The van der Waals surface area contributed by atoms with E-state index < -0.39 is 9.84 Å². The van der Waals surface area contributed by atoms with E-state index in [9.17, 15) is 8.42 Å². The van der Waals surface area contributed by atoms with Crippen molar-refractivity contribution in [3.8, 4) is 0 Å². The topological polar surface area (TPSA) is 84.7 Å². The highest BCUT2D eigenvalue weighted by molar-refractivity contribution is 7.91. The van der Waals surface area contributed by atoms with Gasteiger partial charge in [-0.2, -0.15) is 0 Å². The molecule has 1 saturated heterocycles. The Kier molecular flexibility index (Phi) is 6.51. The third-order valence-electron chi connectivity index (χ3n) is 3.37. The Balaban J connectivity index is 2.37. The molecule has 0 amide bonds. The van der Waals surface area contributed by atoms with Crippen LogP contribution in [0.2, 0.25) is 0 Å². The summed E-state index contributed by atoms with van der Waals surface area (Å²) in [5, 5.41) is 0. The number of hydrogen-bond donors (Lipinski definition) is 2. The Morgan fingerprint density at radius 1 is 1.56 bits per heavy atom. The van der Waals surface area contributed by atoms with E-state index in [1.165, 1.54) is 0 Å². The minimum Gasteiger partial charge on any atom is -0.374 e. The van der Waals surface area contributed by atoms with Gasteiger partial charge in [0.05, 0.1) is 18.5 Å². The quantitative estimate of drug-likeness (QED) is 0.476. The highest BCUT2D eigenvalue weighted by atomic mass is 32.2. The number of nitrogens with zero attached hydrogens (tertiary/aromatic N) is 1. The fraction of sp³-hybridized carbons (Fsp3) is 1.00. The summed E-state index contributed by atoms with van der Waals surface area (Å²) < 4.78 is 28.5. The molecule has 0 spiro atoms. The lowest BCUT2D eigenvalue weighted by molar-refractivity contribution is -0.0399. The van der Waals surface area contributed by atoms with Gasteiger partial charge in [0.25, 0.3) is 0 Å². The Hall–Kier alpha value is -0.210. The van der Waals surface area contributed by atoms with Crippen molar-refractivity contribution in [3.05, 3.63) is 0 Å². The van der Waals surface area contributed by atoms with E-state index in [0.717, 1.165) is 13.1 Å². The van der Waals surface area contributed by atoms with Gasteiger partial charge in [0.2, 0.25) is 0 Å². The number of hydrazine groups is 1. The zero-order chi connectivity index (χ0) is 13.6. The summed E-state index contributed by atoms with van der Waals surface area (Å²) in [6, 6.07) is 0.0137. The van der Waals surface area contributed by atoms with Crippen LogP contribution in [0.25, 0.3) is 0 Å². The predicted molar refractivity (Wildman–Crippen MR) is 71.9 cm³/mol. The SMILES string of the molecule is CCS(=O)(=O)CCCC(NN)C1CN(C)CCO1. The summed E-state index contributed by atoms with van der Waals surface area (Å²) in [7, 11) is -0.838. The second kappa shape index (κ2) is 7.40. The lowest BCUT2D eigenvalue weighted by Gasteiger charge is -2.34. The molecule has 1 heterocycles. The molecule has 1 aliphatic rings. The fourth-order valence-electron chi connectivity index (χ4n) is 2.10. The average molecular weight is 279 g/mol. The minimum atomic E-state index is -2.88. The highest BCUT2D eigenvalue weighted by Gasteiger charge is 2.26. The Labute approximate surface area is 110 Å². The van der Waals surface area contributed by atoms with Gasteiger partial charge in [0.1, 0.15) is 9.84 Å². The zero-order valence-corrected chi connectivity index (χ0v) is 12.1. The summed E-state index contributed by atoms with van der Waals surface area (Å²) in [5.74, 6) is 5.96. The number of rotatable bonds is 7. The molecule has 0 bridgehead atoms. The van der Waals surface area contributed by atoms with Gasteiger partial charge in [-0.25, -0.2) is 8.42 Å². The van der Waals surface area contributed by atoms with E-state index >= 15 is 0 Å². The Morgan fingerprint density at radius 2 is 2.28 bits per heavy atom. The molecule has 7 heteroatoms. The van der Waals surface area contributed by atoms with Gasteiger partial charge in [-0.1, -0.05) is 6.92 Å². The van der Waals surface area contributed by atoms with Gasteiger partial charge < -0.3 is 9.64 Å². The largest absolute Gasteiger partial charge is 0.374 e. The summed E-state index contributed by atoms with van der Waals surface area (Å²) >= 11 is 0. The summed E-state index contributed by atoms with van der Waals surface area (Å²) in [4.78, 5) is 2.20. The van der Waals surface area contributed by atoms with Crippen LogP contribution in [0.3, 0.4) is 0 Å². The van der Waals surface area contributed by atoms with Crippen LogP contribution < -0.4 is 11.3 Å². The van der Waals surface area contributed by atoms with E-state index in [1.54, 1.807) is 6.92 Å². The molecule has 2 atom stereocenters. The molecule has 0 saturated carbocycles. The van der Waals surface area contributed by atoms with Crippen LogP contribution in [0.5, 0.6) is 0 Å². The van der Waals surface area contributed by atoms with Crippen LogP contribution in [0.1, 0.15) is 19.8 Å². The van der Waals surface area contributed by atoms with Gasteiger partial charge in [0.15, 0.2) is 0 Å². The van der Waals surface area contributed by atoms with Crippen LogP contribution in [0.4, 0.5) is 0 Å². The van der Waals surface area contributed by atoms with Crippen molar-refractivity contribution < 1.29 is 13.2 Å². The molecule has 18 heavy (non-hydrogen) atoms. The van der Waals surface area contributed by atoms with E-state index in [0.29, 0.717) is 19.4 Å². The Morgan fingerprint density at radius 3 is 2.83 bits per heavy atom. The number of likely N-dealkylation sites (N-methyl/N-ethyl adjacent to an activating group) is 1. The van der Waals surface area contributed by atoms with E-state index in [-0.39, 0.29) is 23.7 Å². The standard InChI is InChI=1S/C11H25N3O3S/c1-3-18(15,16)8-4-5-10(13-12)11-9-14(2)6-7-17-11/h10-11,13H,3-9,12H2,1-2H3. The van der Waals surface area contributed by atoms with E-state index in [2.05, 4.69) is 10.3 Å². The van der Waals surface area contributed by atoms with Crippen molar-refractivity contribution in [2.45, 2.75) is 31.9 Å².